The van der Waals surface area contributed by atoms with Crippen LogP contribution in [0.1, 0.15) is 28.5 Å². The highest BCUT2D eigenvalue weighted by molar-refractivity contribution is 5.18. The van der Waals surface area contributed by atoms with E-state index in [0.29, 0.717) is 0 Å². The van der Waals surface area contributed by atoms with Gasteiger partial charge in [0.05, 0.1) is 12.2 Å². The van der Waals surface area contributed by atoms with Gasteiger partial charge in [0.2, 0.25) is 0 Å². The standard InChI is InChI=1S/C21H25N5/c1-17-6-5-12-22-19(17)16-25-13-11-21-23-20(24-26(21)15-14-25)10-9-18-7-3-2-4-8-18/h2-8,12H,9-11,13-16H2,1H3. The van der Waals surface area contributed by atoms with Crippen LogP contribution in [0.4, 0.5) is 0 Å². The van der Waals surface area contributed by atoms with Crippen LogP contribution in [0.3, 0.4) is 0 Å². The lowest BCUT2D eigenvalue weighted by Gasteiger charge is -2.19. The van der Waals surface area contributed by atoms with Crippen molar-refractivity contribution in [2.75, 3.05) is 13.1 Å². The number of benzene rings is 1. The Morgan fingerprint density at radius 1 is 0.962 bits per heavy atom. The lowest BCUT2D eigenvalue weighted by atomic mass is 10.1. The molecule has 0 aliphatic carbocycles. The summed E-state index contributed by atoms with van der Waals surface area (Å²) in [4.78, 5) is 11.8. The largest absolute Gasteiger partial charge is 0.295 e. The summed E-state index contributed by atoms with van der Waals surface area (Å²) < 4.78 is 2.10. The first-order valence-corrected chi connectivity index (χ1v) is 9.37. The fourth-order valence-electron chi connectivity index (χ4n) is 3.46. The van der Waals surface area contributed by atoms with E-state index in [-0.39, 0.29) is 0 Å². The van der Waals surface area contributed by atoms with E-state index in [1.807, 2.05) is 12.3 Å². The van der Waals surface area contributed by atoms with Crippen LogP contribution in [0.2, 0.25) is 0 Å². The molecule has 0 N–H and O–H groups in total. The van der Waals surface area contributed by atoms with E-state index in [4.69, 9.17) is 10.1 Å². The van der Waals surface area contributed by atoms with Gasteiger partial charge in [0.25, 0.3) is 0 Å². The van der Waals surface area contributed by atoms with Crippen molar-refractivity contribution in [2.45, 2.75) is 39.3 Å². The molecule has 0 atom stereocenters. The average molecular weight is 347 g/mol. The minimum atomic E-state index is 0.901. The number of rotatable bonds is 5. The number of nitrogens with zero attached hydrogens (tertiary/aromatic N) is 5. The second kappa shape index (κ2) is 7.79. The van der Waals surface area contributed by atoms with Gasteiger partial charge >= 0.3 is 0 Å². The second-order valence-electron chi connectivity index (χ2n) is 6.95. The Labute approximate surface area is 154 Å². The highest BCUT2D eigenvalue weighted by Crippen LogP contribution is 2.13. The SMILES string of the molecule is Cc1cccnc1CN1CCc2nc(CCc3ccccc3)nn2CC1. The van der Waals surface area contributed by atoms with Crippen molar-refractivity contribution in [1.82, 2.24) is 24.6 Å². The summed E-state index contributed by atoms with van der Waals surface area (Å²) in [6.07, 6.45) is 4.73. The summed E-state index contributed by atoms with van der Waals surface area (Å²) in [7, 11) is 0. The molecule has 0 saturated carbocycles. The van der Waals surface area contributed by atoms with Crippen LogP contribution >= 0.6 is 0 Å². The van der Waals surface area contributed by atoms with Crippen LogP contribution in [0, 0.1) is 6.92 Å². The molecule has 0 spiro atoms. The van der Waals surface area contributed by atoms with Crippen LogP contribution in [-0.2, 0) is 32.4 Å². The van der Waals surface area contributed by atoms with E-state index in [9.17, 15) is 0 Å². The normalized spacial score (nSPS) is 14.8. The number of aromatic nitrogens is 4. The van der Waals surface area contributed by atoms with E-state index >= 15 is 0 Å². The van der Waals surface area contributed by atoms with Crippen molar-refractivity contribution in [2.24, 2.45) is 0 Å². The average Bonchev–Trinajstić information content (AvgIpc) is 2.97. The van der Waals surface area contributed by atoms with E-state index in [0.717, 1.165) is 57.1 Å². The molecule has 134 valence electrons. The maximum Gasteiger partial charge on any atom is 0.151 e. The fraction of sp³-hybridized carbons (Fsp3) is 0.381. The van der Waals surface area contributed by atoms with Crippen molar-refractivity contribution < 1.29 is 0 Å². The first-order valence-electron chi connectivity index (χ1n) is 9.37. The monoisotopic (exact) mass is 347 g/mol. The number of hydrogen-bond acceptors (Lipinski definition) is 4. The van der Waals surface area contributed by atoms with Gasteiger partial charge in [-0.15, -0.1) is 0 Å². The first kappa shape index (κ1) is 16.9. The zero-order valence-electron chi connectivity index (χ0n) is 15.3. The molecule has 5 heteroatoms. The van der Waals surface area contributed by atoms with Gasteiger partial charge < -0.3 is 0 Å². The van der Waals surface area contributed by atoms with Crippen LogP contribution in [0.15, 0.2) is 48.7 Å². The molecule has 0 fully saturated rings. The topological polar surface area (TPSA) is 46.8 Å². The van der Waals surface area contributed by atoms with Gasteiger partial charge in [0.15, 0.2) is 5.82 Å². The Balaban J connectivity index is 1.36. The van der Waals surface area contributed by atoms with Crippen molar-refractivity contribution in [1.29, 1.82) is 0 Å². The summed E-state index contributed by atoms with van der Waals surface area (Å²) in [5.41, 5.74) is 3.77. The third-order valence-electron chi connectivity index (χ3n) is 5.04. The molecular weight excluding hydrogens is 322 g/mol. The van der Waals surface area contributed by atoms with Gasteiger partial charge in [-0.25, -0.2) is 9.67 Å². The van der Waals surface area contributed by atoms with Gasteiger partial charge in [-0.3, -0.25) is 9.88 Å². The van der Waals surface area contributed by atoms with Crippen LogP contribution in [0.5, 0.6) is 0 Å². The summed E-state index contributed by atoms with van der Waals surface area (Å²) in [6, 6.07) is 14.7. The van der Waals surface area contributed by atoms with Crippen LogP contribution in [0.25, 0.3) is 0 Å². The molecular formula is C21H25N5. The summed E-state index contributed by atoms with van der Waals surface area (Å²) in [5, 5.41) is 4.75. The molecule has 4 rings (SSSR count). The number of hydrogen-bond donors (Lipinski definition) is 0. The van der Waals surface area contributed by atoms with Gasteiger partial charge in [-0.05, 0) is 30.5 Å². The van der Waals surface area contributed by atoms with Crippen molar-refractivity contribution in [3.63, 3.8) is 0 Å². The molecule has 3 heterocycles. The number of fused-ring (bicyclic) bond motifs is 1. The smallest absolute Gasteiger partial charge is 0.151 e. The first-order chi connectivity index (χ1) is 12.8. The molecule has 1 aliphatic heterocycles. The highest BCUT2D eigenvalue weighted by Gasteiger charge is 2.18. The molecule has 26 heavy (non-hydrogen) atoms. The molecule has 0 unspecified atom stereocenters. The molecule has 3 aromatic rings. The molecule has 0 radical (unpaired) electrons. The Bertz CT molecular complexity index is 830. The lowest BCUT2D eigenvalue weighted by Crippen LogP contribution is -2.27. The number of aryl methyl sites for hydroxylation is 3. The Morgan fingerprint density at radius 2 is 1.85 bits per heavy atom. The maximum atomic E-state index is 4.79. The minimum Gasteiger partial charge on any atom is -0.295 e. The molecule has 0 amide bonds. The Kier molecular flexibility index (Phi) is 5.07. The van der Waals surface area contributed by atoms with Crippen molar-refractivity contribution in [3.05, 3.63) is 77.1 Å². The van der Waals surface area contributed by atoms with E-state index in [1.54, 1.807) is 0 Å². The highest BCUT2D eigenvalue weighted by atomic mass is 15.4. The van der Waals surface area contributed by atoms with Gasteiger partial charge in [-0.2, -0.15) is 5.10 Å². The predicted octanol–water partition coefficient (Wildman–Crippen LogP) is 2.83. The van der Waals surface area contributed by atoms with E-state index < -0.39 is 0 Å². The molecule has 0 bridgehead atoms. The maximum absolute atomic E-state index is 4.79. The fourth-order valence-corrected chi connectivity index (χ4v) is 3.46. The van der Waals surface area contributed by atoms with Crippen LogP contribution in [-0.4, -0.2) is 37.7 Å². The van der Waals surface area contributed by atoms with Gasteiger partial charge in [-0.1, -0.05) is 36.4 Å². The minimum absolute atomic E-state index is 0.901. The predicted molar refractivity (Wildman–Crippen MR) is 102 cm³/mol. The van der Waals surface area contributed by atoms with Crippen molar-refractivity contribution >= 4 is 0 Å². The van der Waals surface area contributed by atoms with E-state index in [1.165, 1.54) is 16.8 Å². The quantitative estimate of drug-likeness (QED) is 0.712. The zero-order valence-corrected chi connectivity index (χ0v) is 15.3. The summed E-state index contributed by atoms with van der Waals surface area (Å²) >= 11 is 0. The third kappa shape index (κ3) is 3.99. The third-order valence-corrected chi connectivity index (χ3v) is 5.04. The molecule has 1 aliphatic rings. The lowest BCUT2D eigenvalue weighted by molar-refractivity contribution is 0.265. The van der Waals surface area contributed by atoms with Crippen LogP contribution < -0.4 is 0 Å². The van der Waals surface area contributed by atoms with Crippen molar-refractivity contribution in [3.8, 4) is 0 Å². The molecule has 2 aromatic heterocycles. The number of pyridine rings is 1. The molecule has 0 saturated heterocycles. The zero-order chi connectivity index (χ0) is 17.8. The van der Waals surface area contributed by atoms with E-state index in [2.05, 4.69) is 57.9 Å². The molecule has 1 aromatic carbocycles. The van der Waals surface area contributed by atoms with Gasteiger partial charge in [0.1, 0.15) is 5.82 Å². The summed E-state index contributed by atoms with van der Waals surface area (Å²) in [5.74, 6) is 2.09. The Hall–Kier alpha value is -2.53. The second-order valence-corrected chi connectivity index (χ2v) is 6.95. The Morgan fingerprint density at radius 3 is 2.69 bits per heavy atom. The molecule has 5 nitrogen and oxygen atoms in total. The summed E-state index contributed by atoms with van der Waals surface area (Å²) in [6.45, 7) is 5.93. The van der Waals surface area contributed by atoms with Gasteiger partial charge in [0, 0.05) is 38.7 Å².